The first-order valence-electron chi connectivity index (χ1n) is 10.2. The van der Waals surface area contributed by atoms with Gasteiger partial charge in [0.15, 0.2) is 0 Å². The molecule has 0 spiro atoms. The molecule has 2 N–H and O–H groups in total. The molecule has 1 atom stereocenters. The van der Waals surface area contributed by atoms with Crippen LogP contribution in [-0.4, -0.2) is 70.0 Å². The number of carbonyl (C=O) groups excluding carboxylic acids is 1. The molecule has 176 valence electrons. The van der Waals surface area contributed by atoms with E-state index in [9.17, 15) is 18.0 Å². The third-order valence-corrected chi connectivity index (χ3v) is 6.29. The molecule has 1 fully saturated rings. The Morgan fingerprint density at radius 2 is 2.03 bits per heavy atom. The zero-order chi connectivity index (χ0) is 23.1. The number of imidazole rings is 1. The van der Waals surface area contributed by atoms with Crippen molar-refractivity contribution >= 4 is 23.2 Å². The van der Waals surface area contributed by atoms with E-state index in [-0.39, 0.29) is 11.9 Å². The summed E-state index contributed by atoms with van der Waals surface area (Å²) in [5.41, 5.74) is 1.12. The number of rotatable bonds is 5. The van der Waals surface area contributed by atoms with Gasteiger partial charge in [0.05, 0.1) is 12.0 Å². The van der Waals surface area contributed by atoms with Crippen molar-refractivity contribution in [2.75, 3.05) is 26.3 Å². The minimum absolute atomic E-state index is 0.0903. The predicted molar refractivity (Wildman–Crippen MR) is 110 cm³/mol. The number of nitrogens with zero attached hydrogens (tertiary/aromatic N) is 3. The van der Waals surface area contributed by atoms with Crippen molar-refractivity contribution in [1.82, 2.24) is 19.8 Å². The van der Waals surface area contributed by atoms with Gasteiger partial charge in [-0.25, -0.2) is 9.78 Å². The van der Waals surface area contributed by atoms with Crippen LogP contribution in [-0.2, 0) is 27.3 Å². The fraction of sp³-hybridized carbons (Fsp3) is 0.550. The molecule has 4 rings (SSSR count). The van der Waals surface area contributed by atoms with Crippen molar-refractivity contribution in [3.63, 3.8) is 0 Å². The van der Waals surface area contributed by atoms with Gasteiger partial charge in [-0.05, 0) is 30.7 Å². The van der Waals surface area contributed by atoms with E-state index in [2.05, 4.69) is 26.6 Å². The van der Waals surface area contributed by atoms with E-state index in [4.69, 9.17) is 14.6 Å². The molecule has 0 aliphatic carbocycles. The van der Waals surface area contributed by atoms with Gasteiger partial charge in [0.25, 0.3) is 0 Å². The van der Waals surface area contributed by atoms with Crippen LogP contribution in [0.2, 0.25) is 0 Å². The highest BCUT2D eigenvalue weighted by Crippen LogP contribution is 2.26. The highest BCUT2D eigenvalue weighted by atomic mass is 32.1. The molecular formula is C20H25F3N4O4S. The Labute approximate surface area is 187 Å². The first kappa shape index (κ1) is 24.2. The number of fused-ring (bicyclic) bond motifs is 1. The average molecular weight is 475 g/mol. The van der Waals surface area contributed by atoms with Crippen LogP contribution in [0.1, 0.15) is 29.5 Å². The summed E-state index contributed by atoms with van der Waals surface area (Å²) in [4.78, 5) is 29.7. The second kappa shape index (κ2) is 10.9. The van der Waals surface area contributed by atoms with Crippen LogP contribution in [0.4, 0.5) is 13.2 Å². The molecule has 0 bridgehead atoms. The van der Waals surface area contributed by atoms with Gasteiger partial charge in [0.1, 0.15) is 6.04 Å². The smallest absolute Gasteiger partial charge is 0.475 e. The number of aromatic nitrogens is 2. The van der Waals surface area contributed by atoms with Gasteiger partial charge < -0.3 is 19.7 Å². The molecule has 2 aliphatic rings. The minimum Gasteiger partial charge on any atom is -0.475 e. The number of aliphatic carboxylic acids is 1. The van der Waals surface area contributed by atoms with E-state index in [0.717, 1.165) is 51.3 Å². The summed E-state index contributed by atoms with van der Waals surface area (Å²) in [6.45, 7) is 3.93. The van der Waals surface area contributed by atoms with Crippen molar-refractivity contribution in [3.05, 3.63) is 40.6 Å². The number of carboxylic acid groups (broad SMARTS) is 1. The van der Waals surface area contributed by atoms with Gasteiger partial charge in [-0.15, -0.1) is 11.3 Å². The molecule has 8 nitrogen and oxygen atoms in total. The maximum Gasteiger partial charge on any atom is 0.490 e. The Hall–Kier alpha value is -2.44. The molecule has 1 amide bonds. The summed E-state index contributed by atoms with van der Waals surface area (Å²) in [6, 6.07) is 4.46. The van der Waals surface area contributed by atoms with Crippen LogP contribution in [0.3, 0.4) is 0 Å². The maximum atomic E-state index is 12.8. The van der Waals surface area contributed by atoms with Gasteiger partial charge >= 0.3 is 12.1 Å². The molecule has 2 aliphatic heterocycles. The third kappa shape index (κ3) is 6.53. The van der Waals surface area contributed by atoms with Crippen LogP contribution < -0.4 is 5.32 Å². The standard InChI is InChI=1S/C18H24N4O2S.C2HF3O2/c23-18(20-6-3-16-2-1-9-25-16)17-12-21(14-4-7-24-8-5-14)11-15-10-19-13-22(15)17;3-2(4,5)1(6)7/h1-2,9-10,13-14,17H,3-8,11-12H2,(H,20,23);(H,6,7). The van der Waals surface area contributed by atoms with Crippen LogP contribution in [0.25, 0.3) is 0 Å². The molecule has 2 aromatic heterocycles. The summed E-state index contributed by atoms with van der Waals surface area (Å²) >= 11 is 1.73. The fourth-order valence-electron chi connectivity index (χ4n) is 3.74. The zero-order valence-corrected chi connectivity index (χ0v) is 18.1. The number of thiophene rings is 1. The Bertz CT molecular complexity index is 882. The van der Waals surface area contributed by atoms with Gasteiger partial charge in [-0.2, -0.15) is 13.2 Å². The lowest BCUT2D eigenvalue weighted by Gasteiger charge is -2.40. The Kier molecular flexibility index (Phi) is 8.26. The summed E-state index contributed by atoms with van der Waals surface area (Å²) in [6.07, 6.45) is 1.57. The second-order valence-corrected chi connectivity index (χ2v) is 8.54. The molecule has 1 unspecified atom stereocenters. The van der Waals surface area contributed by atoms with Gasteiger partial charge in [-0.1, -0.05) is 6.07 Å². The predicted octanol–water partition coefficient (Wildman–Crippen LogP) is 2.47. The molecule has 4 heterocycles. The van der Waals surface area contributed by atoms with E-state index in [1.807, 2.05) is 16.8 Å². The average Bonchev–Trinajstić information content (AvgIpc) is 3.45. The van der Waals surface area contributed by atoms with E-state index in [1.165, 1.54) is 4.88 Å². The molecule has 0 radical (unpaired) electrons. The Morgan fingerprint density at radius 3 is 2.66 bits per heavy atom. The van der Waals surface area contributed by atoms with Crippen molar-refractivity contribution in [2.24, 2.45) is 0 Å². The fourth-order valence-corrected chi connectivity index (χ4v) is 4.45. The topological polar surface area (TPSA) is 96.7 Å². The van der Waals surface area contributed by atoms with Gasteiger partial charge in [0.2, 0.25) is 5.91 Å². The number of alkyl halides is 3. The molecule has 32 heavy (non-hydrogen) atoms. The number of nitrogens with one attached hydrogen (secondary N) is 1. The lowest BCUT2D eigenvalue weighted by atomic mass is 10.0. The van der Waals surface area contributed by atoms with E-state index < -0.39 is 12.1 Å². The van der Waals surface area contributed by atoms with Crippen molar-refractivity contribution < 1.29 is 32.6 Å². The van der Waals surface area contributed by atoms with Crippen molar-refractivity contribution in [2.45, 2.75) is 44.1 Å². The largest absolute Gasteiger partial charge is 0.490 e. The first-order valence-corrected chi connectivity index (χ1v) is 11.1. The summed E-state index contributed by atoms with van der Waals surface area (Å²) in [5.74, 6) is -2.67. The highest BCUT2D eigenvalue weighted by molar-refractivity contribution is 7.09. The maximum absolute atomic E-state index is 12.8. The Balaban J connectivity index is 0.000000360. The lowest BCUT2D eigenvalue weighted by molar-refractivity contribution is -0.192. The molecule has 0 saturated carbocycles. The van der Waals surface area contributed by atoms with Crippen molar-refractivity contribution in [1.29, 1.82) is 0 Å². The zero-order valence-electron chi connectivity index (χ0n) is 17.3. The monoisotopic (exact) mass is 474 g/mol. The minimum atomic E-state index is -5.08. The quantitative estimate of drug-likeness (QED) is 0.691. The second-order valence-electron chi connectivity index (χ2n) is 7.50. The first-order chi connectivity index (χ1) is 15.3. The number of carbonyl (C=O) groups is 2. The number of hydrogen-bond acceptors (Lipinski definition) is 6. The number of ether oxygens (including phenoxy) is 1. The Morgan fingerprint density at radius 1 is 1.31 bits per heavy atom. The normalized spacial score (nSPS) is 19.5. The SMILES string of the molecule is O=C(NCCc1cccs1)C1CN(C2CCOCC2)Cc2cncn21.O=C(O)C(F)(F)F. The van der Waals surface area contributed by atoms with Crippen LogP contribution in [0, 0.1) is 0 Å². The summed E-state index contributed by atoms with van der Waals surface area (Å²) in [5, 5.41) is 12.3. The molecule has 1 saturated heterocycles. The number of hydrogen-bond donors (Lipinski definition) is 2. The van der Waals surface area contributed by atoms with E-state index in [1.54, 1.807) is 17.7 Å². The molecule has 2 aromatic rings. The van der Waals surface area contributed by atoms with Crippen LogP contribution >= 0.6 is 11.3 Å². The van der Waals surface area contributed by atoms with Gasteiger partial charge in [-0.3, -0.25) is 9.69 Å². The molecular weight excluding hydrogens is 449 g/mol. The van der Waals surface area contributed by atoms with E-state index >= 15 is 0 Å². The third-order valence-electron chi connectivity index (χ3n) is 5.36. The van der Waals surface area contributed by atoms with E-state index in [0.29, 0.717) is 12.6 Å². The summed E-state index contributed by atoms with van der Waals surface area (Å²) < 4.78 is 39.3. The highest BCUT2D eigenvalue weighted by Gasteiger charge is 2.38. The van der Waals surface area contributed by atoms with Gasteiger partial charge in [0, 0.05) is 50.0 Å². The molecule has 12 heteroatoms. The van der Waals surface area contributed by atoms with Crippen molar-refractivity contribution in [3.8, 4) is 0 Å². The number of carboxylic acids is 1. The number of halogens is 3. The van der Waals surface area contributed by atoms with Crippen LogP contribution in [0.15, 0.2) is 30.0 Å². The summed E-state index contributed by atoms with van der Waals surface area (Å²) in [7, 11) is 0. The number of amides is 1. The molecule has 0 aromatic carbocycles. The lowest BCUT2D eigenvalue weighted by Crippen LogP contribution is -2.49. The van der Waals surface area contributed by atoms with Crippen LogP contribution in [0.5, 0.6) is 0 Å².